The van der Waals surface area contributed by atoms with Crippen LogP contribution in [-0.4, -0.2) is 14.3 Å². The zero-order chi connectivity index (χ0) is 15.6. The van der Waals surface area contributed by atoms with Gasteiger partial charge in [0.25, 0.3) is 15.9 Å². The van der Waals surface area contributed by atoms with Gasteiger partial charge in [0.05, 0.1) is 10.5 Å². The molecular formula is C13H8BrClFNO3S. The molecule has 1 N–H and O–H groups in total. The Morgan fingerprint density at radius 3 is 2.38 bits per heavy atom. The van der Waals surface area contributed by atoms with Crippen molar-refractivity contribution in [3.8, 4) is 0 Å². The fourth-order valence-corrected chi connectivity index (χ4v) is 3.09. The molecule has 0 fully saturated rings. The monoisotopic (exact) mass is 391 g/mol. The highest BCUT2D eigenvalue weighted by molar-refractivity contribution is 9.10. The molecule has 2 rings (SSSR count). The van der Waals surface area contributed by atoms with Crippen LogP contribution in [0.1, 0.15) is 10.4 Å². The fraction of sp³-hybridized carbons (Fsp3) is 0. The van der Waals surface area contributed by atoms with E-state index in [-0.39, 0.29) is 10.5 Å². The van der Waals surface area contributed by atoms with E-state index in [9.17, 15) is 17.6 Å². The number of rotatable bonds is 3. The Kier molecular flexibility index (Phi) is 4.65. The summed E-state index contributed by atoms with van der Waals surface area (Å²) in [6.07, 6.45) is 0. The van der Waals surface area contributed by atoms with Crippen molar-refractivity contribution < 1.29 is 17.6 Å². The fourth-order valence-electron chi connectivity index (χ4n) is 1.52. The number of hydrogen-bond acceptors (Lipinski definition) is 3. The molecule has 0 aromatic heterocycles. The van der Waals surface area contributed by atoms with Gasteiger partial charge in [-0.3, -0.25) is 4.79 Å². The number of benzene rings is 2. The van der Waals surface area contributed by atoms with Gasteiger partial charge in [-0.15, -0.1) is 0 Å². The minimum absolute atomic E-state index is 0.0770. The van der Waals surface area contributed by atoms with E-state index >= 15 is 0 Å². The molecule has 1 amide bonds. The Labute approximate surface area is 134 Å². The van der Waals surface area contributed by atoms with Gasteiger partial charge >= 0.3 is 0 Å². The van der Waals surface area contributed by atoms with Gasteiger partial charge in [0.1, 0.15) is 5.82 Å². The molecule has 110 valence electrons. The maximum absolute atomic E-state index is 12.8. The maximum atomic E-state index is 12.8. The van der Waals surface area contributed by atoms with Crippen LogP contribution in [0.4, 0.5) is 4.39 Å². The molecular weight excluding hydrogens is 385 g/mol. The van der Waals surface area contributed by atoms with Crippen LogP contribution in [0, 0.1) is 5.82 Å². The van der Waals surface area contributed by atoms with Crippen LogP contribution in [0.15, 0.2) is 51.8 Å². The van der Waals surface area contributed by atoms with Crippen LogP contribution < -0.4 is 4.72 Å². The van der Waals surface area contributed by atoms with E-state index in [0.717, 1.165) is 24.3 Å². The van der Waals surface area contributed by atoms with Gasteiger partial charge in [-0.05, 0) is 58.4 Å². The van der Waals surface area contributed by atoms with E-state index in [1.54, 1.807) is 6.07 Å². The van der Waals surface area contributed by atoms with Crippen LogP contribution >= 0.6 is 27.5 Å². The van der Waals surface area contributed by atoms with Gasteiger partial charge in [0.15, 0.2) is 0 Å². The number of carbonyl (C=O) groups is 1. The number of nitrogens with one attached hydrogen (secondary N) is 1. The lowest BCUT2D eigenvalue weighted by Crippen LogP contribution is -2.30. The summed E-state index contributed by atoms with van der Waals surface area (Å²) in [6.45, 7) is 0. The van der Waals surface area contributed by atoms with Crippen molar-refractivity contribution >= 4 is 43.5 Å². The van der Waals surface area contributed by atoms with Crippen LogP contribution in [0.5, 0.6) is 0 Å². The van der Waals surface area contributed by atoms with E-state index in [0.29, 0.717) is 9.50 Å². The van der Waals surface area contributed by atoms with Crippen LogP contribution in [0.3, 0.4) is 0 Å². The van der Waals surface area contributed by atoms with Crippen molar-refractivity contribution in [1.82, 2.24) is 4.72 Å². The summed E-state index contributed by atoms with van der Waals surface area (Å²) in [5, 5.41) is 0.294. The van der Waals surface area contributed by atoms with Crippen LogP contribution in [0.2, 0.25) is 5.02 Å². The van der Waals surface area contributed by atoms with Crippen molar-refractivity contribution in [1.29, 1.82) is 0 Å². The molecule has 0 aliphatic carbocycles. The standard InChI is InChI=1S/C13H8BrClFNO3S/c14-12-6-1-8(15)7-11(12)13(18)17-21(19,20)10-4-2-9(16)3-5-10/h1-7H,(H,17,18). The van der Waals surface area contributed by atoms with E-state index in [1.165, 1.54) is 12.1 Å². The molecule has 2 aromatic rings. The Balaban J connectivity index is 2.30. The Bertz CT molecular complexity index is 794. The predicted octanol–water partition coefficient (Wildman–Crippen LogP) is 3.36. The third-order valence-corrected chi connectivity index (χ3v) is 4.80. The van der Waals surface area contributed by atoms with E-state index in [2.05, 4.69) is 15.9 Å². The summed E-state index contributed by atoms with van der Waals surface area (Å²) < 4.78 is 39.1. The third kappa shape index (κ3) is 3.81. The second-order valence-electron chi connectivity index (χ2n) is 4.01. The maximum Gasteiger partial charge on any atom is 0.266 e. The van der Waals surface area contributed by atoms with E-state index < -0.39 is 21.7 Å². The Morgan fingerprint density at radius 1 is 1.14 bits per heavy atom. The molecule has 0 unspecified atom stereocenters. The van der Waals surface area contributed by atoms with Gasteiger partial charge in [-0.2, -0.15) is 0 Å². The number of sulfonamides is 1. The zero-order valence-corrected chi connectivity index (χ0v) is 13.5. The minimum atomic E-state index is -4.08. The molecule has 8 heteroatoms. The highest BCUT2D eigenvalue weighted by Gasteiger charge is 2.20. The summed E-state index contributed by atoms with van der Waals surface area (Å²) in [5.41, 5.74) is 0.0770. The Hall–Kier alpha value is -1.44. The third-order valence-electron chi connectivity index (χ3n) is 2.52. The molecule has 0 saturated carbocycles. The van der Waals surface area contributed by atoms with Crippen molar-refractivity contribution in [2.45, 2.75) is 4.90 Å². The SMILES string of the molecule is O=C(NS(=O)(=O)c1ccc(F)cc1)c1cc(Cl)ccc1Br. The molecule has 0 atom stereocenters. The van der Waals surface area contributed by atoms with Crippen LogP contribution in [-0.2, 0) is 10.0 Å². The van der Waals surface area contributed by atoms with Gasteiger partial charge < -0.3 is 0 Å². The first kappa shape index (κ1) is 15.9. The summed E-state index contributed by atoms with van der Waals surface area (Å²) in [5.74, 6) is -1.41. The summed E-state index contributed by atoms with van der Waals surface area (Å²) in [4.78, 5) is 11.8. The molecule has 0 aliphatic heterocycles. The lowest BCUT2D eigenvalue weighted by molar-refractivity contribution is 0.0980. The predicted molar refractivity (Wildman–Crippen MR) is 80.2 cm³/mol. The molecule has 0 radical (unpaired) electrons. The normalized spacial score (nSPS) is 11.2. The molecule has 0 heterocycles. The molecule has 0 saturated heterocycles. The minimum Gasteiger partial charge on any atom is -0.268 e. The van der Waals surface area contributed by atoms with Gasteiger partial charge in [-0.25, -0.2) is 17.5 Å². The first-order chi connectivity index (χ1) is 9.79. The first-order valence-corrected chi connectivity index (χ1v) is 8.23. The summed E-state index contributed by atoms with van der Waals surface area (Å²) >= 11 is 8.92. The summed E-state index contributed by atoms with van der Waals surface area (Å²) in [6, 6.07) is 8.54. The van der Waals surface area contributed by atoms with Crippen molar-refractivity contribution in [2.75, 3.05) is 0 Å². The number of amides is 1. The van der Waals surface area contributed by atoms with Crippen molar-refractivity contribution in [3.63, 3.8) is 0 Å². The van der Waals surface area contributed by atoms with Gasteiger partial charge in [-0.1, -0.05) is 11.6 Å². The second kappa shape index (κ2) is 6.13. The highest BCUT2D eigenvalue weighted by Crippen LogP contribution is 2.21. The number of carbonyl (C=O) groups excluding carboxylic acids is 1. The summed E-state index contributed by atoms with van der Waals surface area (Å²) in [7, 11) is -4.08. The topological polar surface area (TPSA) is 63.2 Å². The second-order valence-corrected chi connectivity index (χ2v) is 6.99. The lowest BCUT2D eigenvalue weighted by Gasteiger charge is -2.08. The molecule has 2 aromatic carbocycles. The number of halogens is 3. The quantitative estimate of drug-likeness (QED) is 0.871. The first-order valence-electron chi connectivity index (χ1n) is 5.57. The molecule has 4 nitrogen and oxygen atoms in total. The molecule has 0 bridgehead atoms. The van der Waals surface area contributed by atoms with Crippen molar-refractivity contribution in [3.05, 3.63) is 63.3 Å². The number of hydrogen-bond donors (Lipinski definition) is 1. The highest BCUT2D eigenvalue weighted by atomic mass is 79.9. The van der Waals surface area contributed by atoms with Gasteiger partial charge in [0.2, 0.25) is 0 Å². The largest absolute Gasteiger partial charge is 0.268 e. The molecule has 21 heavy (non-hydrogen) atoms. The van der Waals surface area contributed by atoms with Crippen LogP contribution in [0.25, 0.3) is 0 Å². The average molecular weight is 393 g/mol. The van der Waals surface area contributed by atoms with Gasteiger partial charge in [0, 0.05) is 9.50 Å². The average Bonchev–Trinajstić information content (AvgIpc) is 2.41. The van der Waals surface area contributed by atoms with E-state index in [4.69, 9.17) is 11.6 Å². The zero-order valence-electron chi connectivity index (χ0n) is 10.3. The van der Waals surface area contributed by atoms with E-state index in [1.807, 2.05) is 4.72 Å². The lowest BCUT2D eigenvalue weighted by atomic mass is 10.2. The molecule has 0 aliphatic rings. The van der Waals surface area contributed by atoms with Crippen molar-refractivity contribution in [2.24, 2.45) is 0 Å². The Morgan fingerprint density at radius 2 is 1.76 bits per heavy atom. The smallest absolute Gasteiger partial charge is 0.266 e. The molecule has 0 spiro atoms.